The highest BCUT2D eigenvalue weighted by Gasteiger charge is 2.10. The maximum atomic E-state index is 13.4. The average Bonchev–Trinajstić information content (AvgIpc) is 2.40. The lowest BCUT2D eigenvalue weighted by Gasteiger charge is -2.11. The molecule has 0 unspecified atom stereocenters. The van der Waals surface area contributed by atoms with Crippen molar-refractivity contribution in [2.45, 2.75) is 6.61 Å². The second-order valence-electron chi connectivity index (χ2n) is 4.03. The van der Waals surface area contributed by atoms with Crippen molar-refractivity contribution in [3.8, 4) is 5.75 Å². The standard InChI is InChI=1S/C14H10F3NOS/c15-9-2-1-8(11(5-9)14(18)20)7-19-13-6-10(16)3-4-12(13)17/h1-6H,7H2,(H2,18,20). The molecule has 104 valence electrons. The summed E-state index contributed by atoms with van der Waals surface area (Å²) in [4.78, 5) is 0.00261. The van der Waals surface area contributed by atoms with Crippen molar-refractivity contribution < 1.29 is 17.9 Å². The summed E-state index contributed by atoms with van der Waals surface area (Å²) >= 11 is 4.81. The Morgan fingerprint density at radius 1 is 1.05 bits per heavy atom. The van der Waals surface area contributed by atoms with Gasteiger partial charge < -0.3 is 10.5 Å². The minimum Gasteiger partial charge on any atom is -0.486 e. The Labute approximate surface area is 119 Å². The van der Waals surface area contributed by atoms with Gasteiger partial charge in [-0.15, -0.1) is 0 Å². The molecule has 0 fully saturated rings. The van der Waals surface area contributed by atoms with Crippen molar-refractivity contribution in [2.24, 2.45) is 5.73 Å². The molecule has 0 aliphatic heterocycles. The quantitative estimate of drug-likeness (QED) is 0.879. The summed E-state index contributed by atoms with van der Waals surface area (Å²) < 4.78 is 44.7. The predicted molar refractivity (Wildman–Crippen MR) is 73.0 cm³/mol. The molecule has 2 nitrogen and oxygen atoms in total. The molecule has 0 bridgehead atoms. The van der Waals surface area contributed by atoms with Gasteiger partial charge in [0.15, 0.2) is 11.6 Å². The van der Waals surface area contributed by atoms with E-state index in [0.717, 1.165) is 18.2 Å². The van der Waals surface area contributed by atoms with Gasteiger partial charge in [-0.25, -0.2) is 13.2 Å². The fraction of sp³-hybridized carbons (Fsp3) is 0.0714. The van der Waals surface area contributed by atoms with Gasteiger partial charge in [-0.2, -0.15) is 0 Å². The van der Waals surface area contributed by atoms with Crippen molar-refractivity contribution in [1.82, 2.24) is 0 Å². The molecule has 0 saturated heterocycles. The van der Waals surface area contributed by atoms with Gasteiger partial charge in [0.1, 0.15) is 23.2 Å². The molecule has 6 heteroatoms. The number of halogens is 3. The van der Waals surface area contributed by atoms with Crippen LogP contribution in [0.2, 0.25) is 0 Å². The summed E-state index contributed by atoms with van der Waals surface area (Å²) in [6, 6.07) is 6.69. The van der Waals surface area contributed by atoms with Crippen LogP contribution in [0.4, 0.5) is 13.2 Å². The largest absolute Gasteiger partial charge is 0.486 e. The molecule has 0 saturated carbocycles. The maximum Gasteiger partial charge on any atom is 0.165 e. The second-order valence-corrected chi connectivity index (χ2v) is 4.47. The van der Waals surface area contributed by atoms with Crippen LogP contribution in [0.3, 0.4) is 0 Å². The third-order valence-electron chi connectivity index (χ3n) is 2.61. The molecule has 2 N–H and O–H groups in total. The summed E-state index contributed by atoms with van der Waals surface area (Å²) in [5.41, 5.74) is 6.27. The molecule has 20 heavy (non-hydrogen) atoms. The lowest BCUT2D eigenvalue weighted by atomic mass is 10.1. The Morgan fingerprint density at radius 2 is 1.70 bits per heavy atom. The zero-order valence-electron chi connectivity index (χ0n) is 10.2. The van der Waals surface area contributed by atoms with E-state index in [9.17, 15) is 13.2 Å². The Balaban J connectivity index is 2.23. The number of hydrogen-bond acceptors (Lipinski definition) is 2. The highest BCUT2D eigenvalue weighted by molar-refractivity contribution is 7.80. The van der Waals surface area contributed by atoms with Crippen LogP contribution in [0.1, 0.15) is 11.1 Å². The van der Waals surface area contributed by atoms with Crippen LogP contribution >= 0.6 is 12.2 Å². The van der Waals surface area contributed by atoms with Crippen molar-refractivity contribution >= 4 is 17.2 Å². The summed E-state index contributed by atoms with van der Waals surface area (Å²) in [5.74, 6) is -2.03. The van der Waals surface area contributed by atoms with Gasteiger partial charge in [-0.3, -0.25) is 0 Å². The van der Waals surface area contributed by atoms with E-state index in [4.69, 9.17) is 22.7 Å². The highest BCUT2D eigenvalue weighted by atomic mass is 32.1. The zero-order valence-corrected chi connectivity index (χ0v) is 11.0. The molecule has 0 aliphatic carbocycles. The van der Waals surface area contributed by atoms with Crippen LogP contribution in [0, 0.1) is 17.5 Å². The van der Waals surface area contributed by atoms with Crippen LogP contribution in [0.15, 0.2) is 36.4 Å². The summed E-state index contributed by atoms with van der Waals surface area (Å²) in [7, 11) is 0. The molecule has 0 radical (unpaired) electrons. The van der Waals surface area contributed by atoms with E-state index in [2.05, 4.69) is 0 Å². The van der Waals surface area contributed by atoms with E-state index in [1.54, 1.807) is 0 Å². The smallest absolute Gasteiger partial charge is 0.165 e. The molecular formula is C14H10F3NOS. The number of thiocarbonyl (C=S) groups is 1. The summed E-state index contributed by atoms with van der Waals surface area (Å²) in [5, 5.41) is 0. The molecule has 0 aliphatic rings. The van der Waals surface area contributed by atoms with Gasteiger partial charge in [-0.05, 0) is 29.8 Å². The number of rotatable bonds is 4. The minimum atomic E-state index is -0.689. The summed E-state index contributed by atoms with van der Waals surface area (Å²) in [6.45, 7) is -0.104. The lowest BCUT2D eigenvalue weighted by molar-refractivity contribution is 0.288. The van der Waals surface area contributed by atoms with Crippen LogP contribution in [-0.2, 0) is 6.61 Å². The van der Waals surface area contributed by atoms with E-state index in [0.29, 0.717) is 11.1 Å². The van der Waals surface area contributed by atoms with Crippen molar-refractivity contribution in [3.05, 3.63) is 65.0 Å². The third kappa shape index (κ3) is 3.27. The van der Waals surface area contributed by atoms with Gasteiger partial charge in [0.05, 0.1) is 0 Å². The topological polar surface area (TPSA) is 35.2 Å². The Morgan fingerprint density at radius 3 is 2.40 bits per heavy atom. The molecule has 0 aromatic heterocycles. The number of nitrogens with two attached hydrogens (primary N) is 1. The molecule has 2 rings (SSSR count). The molecule has 2 aromatic rings. The van der Waals surface area contributed by atoms with Crippen LogP contribution in [-0.4, -0.2) is 4.99 Å². The number of hydrogen-bond donors (Lipinski definition) is 1. The fourth-order valence-electron chi connectivity index (χ4n) is 1.65. The van der Waals surface area contributed by atoms with Gasteiger partial charge in [0, 0.05) is 11.6 Å². The number of ether oxygens (including phenoxy) is 1. The molecule has 0 atom stereocenters. The molecular weight excluding hydrogens is 287 g/mol. The minimum absolute atomic E-state index is 0.00261. The predicted octanol–water partition coefficient (Wildman–Crippen LogP) is 3.32. The second kappa shape index (κ2) is 5.92. The molecule has 0 heterocycles. The van der Waals surface area contributed by atoms with E-state index < -0.39 is 17.5 Å². The fourth-order valence-corrected chi connectivity index (χ4v) is 1.84. The molecule has 0 amide bonds. The Hall–Kier alpha value is -2.08. The third-order valence-corrected chi connectivity index (χ3v) is 2.83. The first-order valence-corrected chi connectivity index (χ1v) is 6.04. The normalized spacial score (nSPS) is 10.3. The van der Waals surface area contributed by atoms with E-state index in [1.165, 1.54) is 18.2 Å². The highest BCUT2D eigenvalue weighted by Crippen LogP contribution is 2.20. The van der Waals surface area contributed by atoms with Gasteiger partial charge in [-0.1, -0.05) is 18.3 Å². The van der Waals surface area contributed by atoms with Crippen LogP contribution in [0.25, 0.3) is 0 Å². The first-order valence-electron chi connectivity index (χ1n) is 5.63. The van der Waals surface area contributed by atoms with Gasteiger partial charge in [0.25, 0.3) is 0 Å². The van der Waals surface area contributed by atoms with Crippen LogP contribution < -0.4 is 10.5 Å². The molecule has 0 spiro atoms. The molecule has 2 aromatic carbocycles. The van der Waals surface area contributed by atoms with E-state index >= 15 is 0 Å². The van der Waals surface area contributed by atoms with E-state index in [-0.39, 0.29) is 17.3 Å². The zero-order chi connectivity index (χ0) is 14.7. The van der Waals surface area contributed by atoms with Crippen molar-refractivity contribution in [1.29, 1.82) is 0 Å². The number of benzene rings is 2. The SMILES string of the molecule is NC(=S)c1cc(F)ccc1COc1cc(F)ccc1F. The Kier molecular flexibility index (Phi) is 4.24. The van der Waals surface area contributed by atoms with Gasteiger partial charge >= 0.3 is 0 Å². The first-order chi connectivity index (χ1) is 9.47. The first kappa shape index (κ1) is 14.3. The maximum absolute atomic E-state index is 13.4. The monoisotopic (exact) mass is 297 g/mol. The van der Waals surface area contributed by atoms with Gasteiger partial charge in [0.2, 0.25) is 0 Å². The Bertz CT molecular complexity index is 661. The van der Waals surface area contributed by atoms with E-state index in [1.807, 2.05) is 0 Å². The van der Waals surface area contributed by atoms with Crippen molar-refractivity contribution in [2.75, 3.05) is 0 Å². The van der Waals surface area contributed by atoms with Crippen LogP contribution in [0.5, 0.6) is 5.75 Å². The lowest BCUT2D eigenvalue weighted by Crippen LogP contribution is -2.14. The van der Waals surface area contributed by atoms with Crippen molar-refractivity contribution in [3.63, 3.8) is 0 Å². The average molecular weight is 297 g/mol. The summed E-state index contributed by atoms with van der Waals surface area (Å²) in [6.07, 6.45) is 0.